The predicted molar refractivity (Wildman–Crippen MR) is 54.2 cm³/mol. The molecule has 4 heteroatoms. The van der Waals surface area contributed by atoms with Crippen molar-refractivity contribution in [3.05, 3.63) is 45.6 Å². The molecule has 0 aliphatic rings. The lowest BCUT2D eigenvalue weighted by Gasteiger charge is -1.94. The van der Waals surface area contributed by atoms with Crippen LogP contribution in [-0.2, 0) is 6.42 Å². The van der Waals surface area contributed by atoms with Gasteiger partial charge >= 0.3 is 0 Å². The fourth-order valence-corrected chi connectivity index (χ4v) is 2.02. The zero-order valence-electron chi connectivity index (χ0n) is 6.77. The molecule has 0 bridgehead atoms. The molecule has 0 saturated heterocycles. The highest BCUT2D eigenvalue weighted by Crippen LogP contribution is 2.16. The van der Waals surface area contributed by atoms with Gasteiger partial charge in [0, 0.05) is 24.2 Å². The summed E-state index contributed by atoms with van der Waals surface area (Å²) in [6.45, 7) is 0. The molecule has 0 atom stereocenters. The number of hydrogen-bond donors (Lipinski definition) is 0. The monoisotopic (exact) mass is 210 g/mol. The number of thiazole rings is 1. The quantitative estimate of drug-likeness (QED) is 0.762. The van der Waals surface area contributed by atoms with Gasteiger partial charge in [-0.3, -0.25) is 4.98 Å². The Hall–Kier alpha value is -0.930. The van der Waals surface area contributed by atoms with Gasteiger partial charge in [0.1, 0.15) is 5.15 Å². The van der Waals surface area contributed by atoms with Crippen molar-refractivity contribution in [1.82, 2.24) is 9.97 Å². The normalized spacial score (nSPS) is 10.2. The van der Waals surface area contributed by atoms with Crippen LogP contribution < -0.4 is 0 Å². The van der Waals surface area contributed by atoms with Gasteiger partial charge in [0.05, 0.1) is 5.01 Å². The minimum absolute atomic E-state index is 0.573. The molecule has 0 radical (unpaired) electrons. The molecule has 0 saturated carbocycles. The average Bonchev–Trinajstić information content (AvgIpc) is 2.53. The van der Waals surface area contributed by atoms with E-state index in [1.54, 1.807) is 17.5 Å². The molecule has 0 spiro atoms. The molecule has 0 N–H and O–H groups in total. The molecule has 0 aliphatic carbocycles. The fourth-order valence-electron chi connectivity index (χ4n) is 1.05. The maximum absolute atomic E-state index is 5.71. The van der Waals surface area contributed by atoms with Gasteiger partial charge in [0.25, 0.3) is 0 Å². The Balaban J connectivity index is 2.15. The highest BCUT2D eigenvalue weighted by atomic mass is 35.5. The van der Waals surface area contributed by atoms with Crippen molar-refractivity contribution in [3.63, 3.8) is 0 Å². The van der Waals surface area contributed by atoms with Crippen LogP contribution in [0.3, 0.4) is 0 Å². The Morgan fingerprint density at radius 3 is 3.00 bits per heavy atom. The molecular formula is C9H7ClN2S. The molecular weight excluding hydrogens is 204 g/mol. The zero-order chi connectivity index (χ0) is 9.10. The molecule has 2 rings (SSSR count). The van der Waals surface area contributed by atoms with Gasteiger partial charge in [-0.05, 0) is 11.6 Å². The lowest BCUT2D eigenvalue weighted by Crippen LogP contribution is -1.86. The topological polar surface area (TPSA) is 25.8 Å². The Bertz CT molecular complexity index is 386. The van der Waals surface area contributed by atoms with E-state index < -0.39 is 0 Å². The molecule has 2 heterocycles. The Morgan fingerprint density at radius 2 is 2.38 bits per heavy atom. The molecule has 13 heavy (non-hydrogen) atoms. The first-order valence-corrected chi connectivity index (χ1v) is 5.09. The maximum atomic E-state index is 5.71. The summed E-state index contributed by atoms with van der Waals surface area (Å²) in [5.74, 6) is 0. The van der Waals surface area contributed by atoms with Gasteiger partial charge in [-0.2, -0.15) is 0 Å². The molecule has 2 nitrogen and oxygen atoms in total. The van der Waals surface area contributed by atoms with E-state index in [-0.39, 0.29) is 0 Å². The molecule has 66 valence electrons. The molecule has 0 amide bonds. The fraction of sp³-hybridized carbons (Fsp3) is 0.111. The minimum atomic E-state index is 0.573. The van der Waals surface area contributed by atoms with E-state index in [0.29, 0.717) is 5.15 Å². The number of aromatic nitrogens is 2. The number of pyridine rings is 1. The van der Waals surface area contributed by atoms with Crippen molar-refractivity contribution >= 4 is 22.9 Å². The third kappa shape index (κ3) is 2.26. The van der Waals surface area contributed by atoms with E-state index in [1.807, 2.05) is 23.7 Å². The summed E-state index contributed by atoms with van der Waals surface area (Å²) < 4.78 is 0. The summed E-state index contributed by atoms with van der Waals surface area (Å²) in [7, 11) is 0. The van der Waals surface area contributed by atoms with E-state index >= 15 is 0 Å². The molecule has 0 unspecified atom stereocenters. The first-order valence-electron chi connectivity index (χ1n) is 3.83. The van der Waals surface area contributed by atoms with Gasteiger partial charge in [-0.25, -0.2) is 4.98 Å². The van der Waals surface area contributed by atoms with Gasteiger partial charge < -0.3 is 0 Å². The molecule has 2 aromatic rings. The van der Waals surface area contributed by atoms with Gasteiger partial charge in [0.15, 0.2) is 0 Å². The predicted octanol–water partition coefficient (Wildman–Crippen LogP) is 2.78. The molecule has 2 aromatic heterocycles. The van der Waals surface area contributed by atoms with Crippen LogP contribution in [0.5, 0.6) is 0 Å². The smallest absolute Gasteiger partial charge is 0.140 e. The summed E-state index contributed by atoms with van der Waals surface area (Å²) in [6.07, 6.45) is 4.42. The van der Waals surface area contributed by atoms with Gasteiger partial charge in [-0.15, -0.1) is 11.3 Å². The van der Waals surface area contributed by atoms with Gasteiger partial charge in [-0.1, -0.05) is 17.7 Å². The summed E-state index contributed by atoms with van der Waals surface area (Å²) in [5, 5.41) is 3.44. The Labute approximate surface area is 85.2 Å². The number of rotatable bonds is 2. The second-order valence-electron chi connectivity index (χ2n) is 2.60. The van der Waals surface area contributed by atoms with E-state index in [2.05, 4.69) is 9.97 Å². The van der Waals surface area contributed by atoms with Crippen molar-refractivity contribution < 1.29 is 0 Å². The van der Waals surface area contributed by atoms with E-state index in [4.69, 9.17) is 11.6 Å². The summed E-state index contributed by atoms with van der Waals surface area (Å²) in [6, 6.07) is 3.95. The van der Waals surface area contributed by atoms with E-state index in [1.165, 1.54) is 0 Å². The van der Waals surface area contributed by atoms with Crippen LogP contribution in [0.1, 0.15) is 10.6 Å². The van der Waals surface area contributed by atoms with Crippen molar-refractivity contribution in [2.24, 2.45) is 0 Å². The third-order valence-corrected chi connectivity index (χ3v) is 2.77. The first-order chi connectivity index (χ1) is 6.34. The minimum Gasteiger partial charge on any atom is -0.264 e. The Morgan fingerprint density at radius 1 is 1.46 bits per heavy atom. The van der Waals surface area contributed by atoms with Crippen molar-refractivity contribution in [3.8, 4) is 0 Å². The number of hydrogen-bond acceptors (Lipinski definition) is 3. The molecule has 0 aliphatic heterocycles. The van der Waals surface area contributed by atoms with Crippen LogP contribution >= 0.6 is 22.9 Å². The number of nitrogens with zero attached hydrogens (tertiary/aromatic N) is 2. The van der Waals surface area contributed by atoms with E-state index in [9.17, 15) is 0 Å². The van der Waals surface area contributed by atoms with Crippen LogP contribution in [0, 0.1) is 0 Å². The van der Waals surface area contributed by atoms with Crippen LogP contribution in [0.25, 0.3) is 0 Å². The zero-order valence-corrected chi connectivity index (χ0v) is 8.35. The van der Waals surface area contributed by atoms with Crippen LogP contribution in [0.4, 0.5) is 0 Å². The van der Waals surface area contributed by atoms with Crippen LogP contribution in [0.15, 0.2) is 29.9 Å². The summed E-state index contributed by atoms with van der Waals surface area (Å²) in [5.41, 5.74) is 1.16. The van der Waals surface area contributed by atoms with Gasteiger partial charge in [0.2, 0.25) is 0 Å². The highest BCUT2D eigenvalue weighted by Gasteiger charge is 2.00. The molecule has 0 fully saturated rings. The number of halogens is 1. The lowest BCUT2D eigenvalue weighted by molar-refractivity contribution is 1.11. The Kier molecular flexibility index (Phi) is 2.57. The standard InChI is InChI=1S/C9H7ClN2S/c10-8-6-13-9(12-8)4-7-2-1-3-11-5-7/h1-3,5-6H,4H2. The van der Waals surface area contributed by atoms with Crippen molar-refractivity contribution in [2.45, 2.75) is 6.42 Å². The second-order valence-corrected chi connectivity index (χ2v) is 3.93. The van der Waals surface area contributed by atoms with Crippen molar-refractivity contribution in [1.29, 1.82) is 0 Å². The average molecular weight is 211 g/mol. The van der Waals surface area contributed by atoms with Crippen molar-refractivity contribution in [2.75, 3.05) is 0 Å². The third-order valence-electron chi connectivity index (χ3n) is 1.60. The summed E-state index contributed by atoms with van der Waals surface area (Å²) >= 11 is 7.28. The van der Waals surface area contributed by atoms with E-state index in [0.717, 1.165) is 17.0 Å². The summed E-state index contributed by atoms with van der Waals surface area (Å²) in [4.78, 5) is 8.19. The SMILES string of the molecule is Clc1csc(Cc2cccnc2)n1. The molecule has 0 aromatic carbocycles. The maximum Gasteiger partial charge on any atom is 0.140 e. The second kappa shape index (κ2) is 3.85. The van der Waals surface area contributed by atoms with Crippen LogP contribution in [-0.4, -0.2) is 9.97 Å². The highest BCUT2D eigenvalue weighted by molar-refractivity contribution is 7.10. The largest absolute Gasteiger partial charge is 0.264 e. The first kappa shape index (κ1) is 8.66. The lowest BCUT2D eigenvalue weighted by atomic mass is 10.2. The van der Waals surface area contributed by atoms with Crippen LogP contribution in [0.2, 0.25) is 5.15 Å².